The molecule has 0 fully saturated rings. The Hall–Kier alpha value is -1.02. The predicted molar refractivity (Wildman–Crippen MR) is 90.5 cm³/mol. The standard InChI is InChI=1S/C18H32N2/c1-6-14-19-18(9-4)15-10-12-17(13-11-15)20(5)16(7-2)8-3/h10-13,16,18-19H,6-9,14H2,1-5H3. The number of nitrogens with one attached hydrogen (secondary N) is 1. The van der Waals surface area contributed by atoms with Gasteiger partial charge >= 0.3 is 0 Å². The summed E-state index contributed by atoms with van der Waals surface area (Å²) in [7, 11) is 2.21. The lowest BCUT2D eigenvalue weighted by molar-refractivity contribution is 0.518. The first-order valence-corrected chi connectivity index (χ1v) is 8.23. The van der Waals surface area contributed by atoms with Crippen LogP contribution in [0.1, 0.15) is 65.0 Å². The largest absolute Gasteiger partial charge is 0.372 e. The van der Waals surface area contributed by atoms with Crippen molar-refractivity contribution in [2.24, 2.45) is 0 Å². The zero-order chi connectivity index (χ0) is 15.0. The average Bonchev–Trinajstić information content (AvgIpc) is 2.49. The first-order valence-electron chi connectivity index (χ1n) is 8.23. The minimum atomic E-state index is 0.488. The molecule has 1 atom stereocenters. The van der Waals surface area contributed by atoms with Crippen LogP contribution in [-0.4, -0.2) is 19.6 Å². The third-order valence-corrected chi connectivity index (χ3v) is 4.24. The maximum atomic E-state index is 3.62. The van der Waals surface area contributed by atoms with E-state index in [0.717, 1.165) is 13.0 Å². The summed E-state index contributed by atoms with van der Waals surface area (Å²) in [6, 6.07) is 10.2. The molecule has 1 rings (SSSR count). The minimum Gasteiger partial charge on any atom is -0.372 e. The van der Waals surface area contributed by atoms with Gasteiger partial charge in [0.1, 0.15) is 0 Å². The zero-order valence-corrected chi connectivity index (χ0v) is 13.9. The molecule has 0 radical (unpaired) electrons. The van der Waals surface area contributed by atoms with Gasteiger partial charge in [-0.25, -0.2) is 0 Å². The van der Waals surface area contributed by atoms with E-state index in [1.54, 1.807) is 0 Å². The molecule has 1 N–H and O–H groups in total. The van der Waals surface area contributed by atoms with Gasteiger partial charge in [0.15, 0.2) is 0 Å². The van der Waals surface area contributed by atoms with E-state index >= 15 is 0 Å². The van der Waals surface area contributed by atoms with Crippen molar-refractivity contribution in [3.8, 4) is 0 Å². The van der Waals surface area contributed by atoms with Crippen molar-refractivity contribution in [3.05, 3.63) is 29.8 Å². The molecule has 0 saturated carbocycles. The molecule has 20 heavy (non-hydrogen) atoms. The summed E-state index contributed by atoms with van der Waals surface area (Å²) in [5.41, 5.74) is 2.73. The fraction of sp³-hybridized carbons (Fsp3) is 0.667. The summed E-state index contributed by atoms with van der Waals surface area (Å²) in [5, 5.41) is 3.62. The Morgan fingerprint density at radius 1 is 0.950 bits per heavy atom. The first kappa shape index (κ1) is 17.0. The Morgan fingerprint density at radius 3 is 2.00 bits per heavy atom. The van der Waals surface area contributed by atoms with Gasteiger partial charge in [-0.2, -0.15) is 0 Å². The van der Waals surface area contributed by atoms with Crippen LogP contribution in [0.5, 0.6) is 0 Å². The molecule has 1 unspecified atom stereocenters. The van der Waals surface area contributed by atoms with E-state index in [0.29, 0.717) is 12.1 Å². The van der Waals surface area contributed by atoms with Gasteiger partial charge in [-0.3, -0.25) is 0 Å². The van der Waals surface area contributed by atoms with E-state index in [1.807, 2.05) is 0 Å². The lowest BCUT2D eigenvalue weighted by Crippen LogP contribution is -2.30. The maximum Gasteiger partial charge on any atom is 0.0366 e. The van der Waals surface area contributed by atoms with Crippen LogP contribution in [0.25, 0.3) is 0 Å². The summed E-state index contributed by atoms with van der Waals surface area (Å²) < 4.78 is 0. The third-order valence-electron chi connectivity index (χ3n) is 4.24. The molecule has 0 spiro atoms. The Morgan fingerprint density at radius 2 is 1.55 bits per heavy atom. The molecule has 2 heteroatoms. The Labute approximate surface area is 125 Å². The second-order valence-corrected chi connectivity index (χ2v) is 5.59. The minimum absolute atomic E-state index is 0.488. The molecule has 0 aromatic heterocycles. The van der Waals surface area contributed by atoms with Crippen LogP contribution in [-0.2, 0) is 0 Å². The van der Waals surface area contributed by atoms with Crippen LogP contribution < -0.4 is 10.2 Å². The van der Waals surface area contributed by atoms with Crippen molar-refractivity contribution in [1.82, 2.24) is 5.32 Å². The molecule has 0 aliphatic carbocycles. The molecule has 2 nitrogen and oxygen atoms in total. The molecular formula is C18H32N2. The topological polar surface area (TPSA) is 15.3 Å². The van der Waals surface area contributed by atoms with E-state index in [9.17, 15) is 0 Å². The average molecular weight is 276 g/mol. The number of anilines is 1. The van der Waals surface area contributed by atoms with Gasteiger partial charge in [0.25, 0.3) is 0 Å². The van der Waals surface area contributed by atoms with Crippen molar-refractivity contribution < 1.29 is 0 Å². The van der Waals surface area contributed by atoms with Crippen molar-refractivity contribution in [2.75, 3.05) is 18.5 Å². The normalized spacial score (nSPS) is 12.7. The predicted octanol–water partition coefficient (Wildman–Crippen LogP) is 4.76. The van der Waals surface area contributed by atoms with Gasteiger partial charge in [-0.15, -0.1) is 0 Å². The van der Waals surface area contributed by atoms with E-state index < -0.39 is 0 Å². The molecule has 0 bridgehead atoms. The number of hydrogen-bond donors (Lipinski definition) is 1. The monoisotopic (exact) mass is 276 g/mol. The van der Waals surface area contributed by atoms with Gasteiger partial charge in [-0.1, -0.05) is 39.8 Å². The van der Waals surface area contributed by atoms with Gasteiger partial charge in [0, 0.05) is 24.8 Å². The summed E-state index contributed by atoms with van der Waals surface area (Å²) in [5.74, 6) is 0. The summed E-state index contributed by atoms with van der Waals surface area (Å²) >= 11 is 0. The number of nitrogens with zero attached hydrogens (tertiary/aromatic N) is 1. The highest BCUT2D eigenvalue weighted by Crippen LogP contribution is 2.23. The number of hydrogen-bond acceptors (Lipinski definition) is 2. The summed E-state index contributed by atoms with van der Waals surface area (Å²) in [6.07, 6.45) is 4.72. The Kier molecular flexibility index (Phi) is 7.68. The molecule has 0 aliphatic rings. The lowest BCUT2D eigenvalue weighted by atomic mass is 10.0. The fourth-order valence-electron chi connectivity index (χ4n) is 2.81. The van der Waals surface area contributed by atoms with E-state index in [4.69, 9.17) is 0 Å². The summed E-state index contributed by atoms with van der Waals surface area (Å²) in [4.78, 5) is 2.41. The van der Waals surface area contributed by atoms with E-state index in [2.05, 4.69) is 69.2 Å². The second kappa shape index (κ2) is 9.02. The Bertz CT molecular complexity index is 354. The van der Waals surface area contributed by atoms with Crippen LogP contribution >= 0.6 is 0 Å². The molecular weight excluding hydrogens is 244 g/mol. The van der Waals surface area contributed by atoms with E-state index in [-0.39, 0.29) is 0 Å². The highest BCUT2D eigenvalue weighted by molar-refractivity contribution is 5.48. The number of benzene rings is 1. The molecule has 0 amide bonds. The van der Waals surface area contributed by atoms with Gasteiger partial charge in [0.05, 0.1) is 0 Å². The SMILES string of the molecule is CCCNC(CC)c1ccc(N(C)C(CC)CC)cc1. The van der Waals surface area contributed by atoms with Gasteiger partial charge in [0.2, 0.25) is 0 Å². The smallest absolute Gasteiger partial charge is 0.0366 e. The van der Waals surface area contributed by atoms with Crippen LogP contribution in [0.2, 0.25) is 0 Å². The highest BCUT2D eigenvalue weighted by atomic mass is 15.1. The highest BCUT2D eigenvalue weighted by Gasteiger charge is 2.12. The maximum absolute atomic E-state index is 3.62. The van der Waals surface area contributed by atoms with Crippen molar-refractivity contribution in [2.45, 2.75) is 65.5 Å². The molecule has 1 aromatic carbocycles. The zero-order valence-electron chi connectivity index (χ0n) is 13.9. The summed E-state index contributed by atoms with van der Waals surface area (Å²) in [6.45, 7) is 10.1. The number of rotatable bonds is 9. The van der Waals surface area contributed by atoms with Crippen LogP contribution in [0.4, 0.5) is 5.69 Å². The van der Waals surface area contributed by atoms with Crippen molar-refractivity contribution >= 4 is 5.69 Å². The third kappa shape index (κ3) is 4.52. The fourth-order valence-corrected chi connectivity index (χ4v) is 2.81. The molecule has 1 aromatic rings. The lowest BCUT2D eigenvalue weighted by Gasteiger charge is -2.29. The molecule has 0 aliphatic heterocycles. The Balaban J connectivity index is 2.76. The van der Waals surface area contributed by atoms with Crippen molar-refractivity contribution in [3.63, 3.8) is 0 Å². The van der Waals surface area contributed by atoms with Crippen LogP contribution in [0.15, 0.2) is 24.3 Å². The quantitative estimate of drug-likeness (QED) is 0.699. The van der Waals surface area contributed by atoms with Crippen LogP contribution in [0.3, 0.4) is 0 Å². The van der Waals surface area contributed by atoms with Crippen molar-refractivity contribution in [1.29, 1.82) is 0 Å². The second-order valence-electron chi connectivity index (χ2n) is 5.59. The van der Waals surface area contributed by atoms with E-state index in [1.165, 1.54) is 30.5 Å². The first-order chi connectivity index (χ1) is 9.67. The van der Waals surface area contributed by atoms with Gasteiger partial charge in [-0.05, 0) is 49.9 Å². The van der Waals surface area contributed by atoms with Gasteiger partial charge < -0.3 is 10.2 Å². The molecule has 0 heterocycles. The molecule has 114 valence electrons. The van der Waals surface area contributed by atoms with Crippen LogP contribution in [0, 0.1) is 0 Å². The molecule has 0 saturated heterocycles.